The van der Waals surface area contributed by atoms with E-state index >= 15 is 0 Å². The van der Waals surface area contributed by atoms with E-state index in [1.165, 1.54) is 0 Å². The van der Waals surface area contributed by atoms with Gasteiger partial charge in [0.15, 0.2) is 0 Å². The monoisotopic (exact) mass is 311 g/mol. The standard InChI is InChI=1S/C20H25NO2/c1-14(2)13-19(16-9-11-17(23-4)12-10-16)21-20(22)18-8-6-5-7-15(18)3/h5-12,14,19H,13H2,1-4H3,(H,21,22)/t19-/m1/s1. The molecule has 1 atom stereocenters. The first-order valence-corrected chi connectivity index (χ1v) is 8.01. The summed E-state index contributed by atoms with van der Waals surface area (Å²) >= 11 is 0. The van der Waals surface area contributed by atoms with E-state index < -0.39 is 0 Å². The Morgan fingerprint density at radius 2 is 1.74 bits per heavy atom. The zero-order chi connectivity index (χ0) is 16.8. The maximum absolute atomic E-state index is 12.6. The van der Waals surface area contributed by atoms with Crippen LogP contribution in [-0.2, 0) is 0 Å². The van der Waals surface area contributed by atoms with E-state index in [0.717, 1.165) is 28.9 Å². The molecular weight excluding hydrogens is 286 g/mol. The molecule has 1 amide bonds. The van der Waals surface area contributed by atoms with Crippen molar-refractivity contribution in [3.05, 3.63) is 65.2 Å². The van der Waals surface area contributed by atoms with Gasteiger partial charge >= 0.3 is 0 Å². The first kappa shape index (κ1) is 17.1. The molecule has 0 bridgehead atoms. The van der Waals surface area contributed by atoms with Crippen LogP contribution in [0.15, 0.2) is 48.5 Å². The van der Waals surface area contributed by atoms with Crippen LogP contribution in [0.1, 0.15) is 47.8 Å². The van der Waals surface area contributed by atoms with Gasteiger partial charge in [-0.3, -0.25) is 4.79 Å². The van der Waals surface area contributed by atoms with Gasteiger partial charge in [0.2, 0.25) is 0 Å². The summed E-state index contributed by atoms with van der Waals surface area (Å²) in [6.45, 7) is 6.28. The van der Waals surface area contributed by atoms with Crippen molar-refractivity contribution < 1.29 is 9.53 Å². The van der Waals surface area contributed by atoms with Gasteiger partial charge in [-0.2, -0.15) is 0 Å². The van der Waals surface area contributed by atoms with Crippen LogP contribution in [0.3, 0.4) is 0 Å². The fourth-order valence-electron chi connectivity index (χ4n) is 2.65. The van der Waals surface area contributed by atoms with Crippen molar-refractivity contribution >= 4 is 5.91 Å². The van der Waals surface area contributed by atoms with Crippen molar-refractivity contribution in [3.8, 4) is 5.75 Å². The van der Waals surface area contributed by atoms with E-state index in [1.807, 2.05) is 55.5 Å². The van der Waals surface area contributed by atoms with E-state index in [1.54, 1.807) is 7.11 Å². The first-order chi connectivity index (χ1) is 11.0. The number of benzene rings is 2. The number of carbonyl (C=O) groups is 1. The fourth-order valence-corrected chi connectivity index (χ4v) is 2.65. The quantitative estimate of drug-likeness (QED) is 0.851. The van der Waals surface area contributed by atoms with Crippen molar-refractivity contribution in [1.82, 2.24) is 5.32 Å². The molecule has 0 radical (unpaired) electrons. The second-order valence-electron chi connectivity index (χ2n) is 6.24. The van der Waals surface area contributed by atoms with Crippen molar-refractivity contribution in [3.63, 3.8) is 0 Å². The minimum absolute atomic E-state index is 0.00647. The molecule has 0 unspecified atom stereocenters. The van der Waals surface area contributed by atoms with Gasteiger partial charge in [0.05, 0.1) is 13.2 Å². The summed E-state index contributed by atoms with van der Waals surface area (Å²) in [4.78, 5) is 12.6. The number of amides is 1. The Labute approximate surface area is 138 Å². The van der Waals surface area contributed by atoms with Crippen LogP contribution in [0.25, 0.3) is 0 Å². The Balaban J connectivity index is 2.21. The highest BCUT2D eigenvalue weighted by molar-refractivity contribution is 5.95. The molecule has 0 saturated heterocycles. The van der Waals surface area contributed by atoms with Gasteiger partial charge in [0, 0.05) is 5.56 Å². The summed E-state index contributed by atoms with van der Waals surface area (Å²) in [5.74, 6) is 1.28. The number of nitrogens with one attached hydrogen (secondary N) is 1. The summed E-state index contributed by atoms with van der Waals surface area (Å²) < 4.78 is 5.21. The van der Waals surface area contributed by atoms with E-state index in [-0.39, 0.29) is 11.9 Å². The summed E-state index contributed by atoms with van der Waals surface area (Å²) in [5.41, 5.74) is 2.82. The number of hydrogen-bond acceptors (Lipinski definition) is 2. The third-order valence-corrected chi connectivity index (χ3v) is 3.92. The van der Waals surface area contributed by atoms with Gasteiger partial charge in [-0.1, -0.05) is 44.2 Å². The molecule has 0 heterocycles. The summed E-state index contributed by atoms with van der Waals surface area (Å²) in [6, 6.07) is 15.6. The van der Waals surface area contributed by atoms with Crippen molar-refractivity contribution in [1.29, 1.82) is 0 Å². The zero-order valence-electron chi connectivity index (χ0n) is 14.3. The van der Waals surface area contributed by atoms with Crippen LogP contribution in [0, 0.1) is 12.8 Å². The average Bonchev–Trinajstić information content (AvgIpc) is 2.54. The molecule has 3 heteroatoms. The smallest absolute Gasteiger partial charge is 0.252 e. The molecule has 2 aromatic carbocycles. The number of methoxy groups -OCH3 is 1. The van der Waals surface area contributed by atoms with Crippen molar-refractivity contribution in [2.24, 2.45) is 5.92 Å². The molecular formula is C20H25NO2. The Hall–Kier alpha value is -2.29. The maximum atomic E-state index is 12.6. The van der Waals surface area contributed by atoms with Crippen LogP contribution >= 0.6 is 0 Å². The lowest BCUT2D eigenvalue weighted by molar-refractivity contribution is 0.0931. The van der Waals surface area contributed by atoms with Gasteiger partial charge in [-0.15, -0.1) is 0 Å². The molecule has 0 spiro atoms. The predicted octanol–water partition coefficient (Wildman–Crippen LogP) is 4.52. The van der Waals surface area contributed by atoms with Crippen molar-refractivity contribution in [2.45, 2.75) is 33.2 Å². The summed E-state index contributed by atoms with van der Waals surface area (Å²) in [5, 5.41) is 3.18. The first-order valence-electron chi connectivity index (χ1n) is 8.01. The Morgan fingerprint density at radius 3 is 2.30 bits per heavy atom. The van der Waals surface area contributed by atoms with Crippen LogP contribution in [0.5, 0.6) is 5.75 Å². The minimum Gasteiger partial charge on any atom is -0.497 e. The Kier molecular flexibility index (Phi) is 5.80. The number of hydrogen-bond donors (Lipinski definition) is 1. The topological polar surface area (TPSA) is 38.3 Å². The van der Waals surface area contributed by atoms with Crippen LogP contribution in [-0.4, -0.2) is 13.0 Å². The van der Waals surface area contributed by atoms with Gasteiger partial charge in [-0.05, 0) is 48.6 Å². The van der Waals surface area contributed by atoms with Crippen LogP contribution in [0.2, 0.25) is 0 Å². The van der Waals surface area contributed by atoms with Crippen molar-refractivity contribution in [2.75, 3.05) is 7.11 Å². The van der Waals surface area contributed by atoms with E-state index in [4.69, 9.17) is 4.74 Å². The van der Waals surface area contributed by atoms with Gasteiger partial charge in [0.25, 0.3) is 5.91 Å². The van der Waals surface area contributed by atoms with E-state index in [0.29, 0.717) is 5.92 Å². The lowest BCUT2D eigenvalue weighted by Crippen LogP contribution is -2.30. The summed E-state index contributed by atoms with van der Waals surface area (Å²) in [6.07, 6.45) is 0.893. The Bertz CT molecular complexity index is 647. The fraction of sp³-hybridized carbons (Fsp3) is 0.350. The highest BCUT2D eigenvalue weighted by atomic mass is 16.5. The SMILES string of the molecule is COc1ccc([C@@H](CC(C)C)NC(=O)c2ccccc2C)cc1. The molecule has 1 N–H and O–H groups in total. The molecule has 122 valence electrons. The molecule has 0 aromatic heterocycles. The maximum Gasteiger partial charge on any atom is 0.252 e. The highest BCUT2D eigenvalue weighted by Gasteiger charge is 2.18. The molecule has 0 fully saturated rings. The molecule has 0 saturated carbocycles. The molecule has 0 aliphatic heterocycles. The van der Waals surface area contributed by atoms with Gasteiger partial charge in [-0.25, -0.2) is 0 Å². The Morgan fingerprint density at radius 1 is 1.09 bits per heavy atom. The number of ether oxygens (including phenoxy) is 1. The lowest BCUT2D eigenvalue weighted by Gasteiger charge is -2.22. The van der Waals surface area contributed by atoms with Gasteiger partial charge < -0.3 is 10.1 Å². The predicted molar refractivity (Wildman–Crippen MR) is 93.8 cm³/mol. The third-order valence-electron chi connectivity index (χ3n) is 3.92. The molecule has 0 aliphatic rings. The largest absolute Gasteiger partial charge is 0.497 e. The number of carbonyl (C=O) groups excluding carboxylic acids is 1. The molecule has 2 rings (SSSR count). The molecule has 0 aliphatic carbocycles. The van der Waals surface area contributed by atoms with Crippen LogP contribution in [0.4, 0.5) is 0 Å². The number of aryl methyl sites for hydroxylation is 1. The van der Waals surface area contributed by atoms with E-state index in [9.17, 15) is 4.79 Å². The average molecular weight is 311 g/mol. The molecule has 3 nitrogen and oxygen atoms in total. The lowest BCUT2D eigenvalue weighted by atomic mass is 9.96. The second kappa shape index (κ2) is 7.82. The normalized spacial score (nSPS) is 12.0. The zero-order valence-corrected chi connectivity index (χ0v) is 14.3. The molecule has 2 aromatic rings. The molecule has 23 heavy (non-hydrogen) atoms. The summed E-state index contributed by atoms with van der Waals surface area (Å²) in [7, 11) is 1.65. The second-order valence-corrected chi connectivity index (χ2v) is 6.24. The highest BCUT2D eigenvalue weighted by Crippen LogP contribution is 2.24. The van der Waals surface area contributed by atoms with E-state index in [2.05, 4.69) is 19.2 Å². The number of rotatable bonds is 6. The third kappa shape index (κ3) is 4.59. The minimum atomic E-state index is -0.0235. The van der Waals surface area contributed by atoms with Gasteiger partial charge in [0.1, 0.15) is 5.75 Å². The van der Waals surface area contributed by atoms with Crippen LogP contribution < -0.4 is 10.1 Å².